The van der Waals surface area contributed by atoms with Crippen molar-refractivity contribution < 1.29 is 9.53 Å². The van der Waals surface area contributed by atoms with Gasteiger partial charge in [-0.2, -0.15) is 5.10 Å². The van der Waals surface area contributed by atoms with E-state index in [4.69, 9.17) is 4.74 Å². The van der Waals surface area contributed by atoms with Crippen molar-refractivity contribution in [2.24, 2.45) is 5.92 Å². The summed E-state index contributed by atoms with van der Waals surface area (Å²) in [6, 6.07) is 9.98. The lowest BCUT2D eigenvalue weighted by Crippen LogP contribution is -2.41. The van der Waals surface area contributed by atoms with Gasteiger partial charge in [-0.15, -0.1) is 0 Å². The van der Waals surface area contributed by atoms with Crippen LogP contribution in [0.2, 0.25) is 0 Å². The minimum absolute atomic E-state index is 0.0507. The summed E-state index contributed by atoms with van der Waals surface area (Å²) < 4.78 is 7.48. The van der Waals surface area contributed by atoms with Crippen LogP contribution >= 0.6 is 0 Å². The van der Waals surface area contributed by atoms with Gasteiger partial charge in [-0.25, -0.2) is 4.68 Å². The van der Waals surface area contributed by atoms with E-state index in [1.807, 2.05) is 27.8 Å². The summed E-state index contributed by atoms with van der Waals surface area (Å²) in [5, 5.41) is 4.32. The Morgan fingerprint density at radius 1 is 1.21 bits per heavy atom. The highest BCUT2D eigenvalue weighted by atomic mass is 16.5. The van der Waals surface area contributed by atoms with Crippen molar-refractivity contribution in [3.8, 4) is 0 Å². The van der Waals surface area contributed by atoms with E-state index in [1.165, 1.54) is 5.56 Å². The topological polar surface area (TPSA) is 47.4 Å². The van der Waals surface area contributed by atoms with Gasteiger partial charge in [0.2, 0.25) is 0 Å². The van der Waals surface area contributed by atoms with Crippen LogP contribution in [0.4, 0.5) is 5.82 Å². The molecule has 24 heavy (non-hydrogen) atoms. The number of aromatic nitrogens is 2. The zero-order valence-electron chi connectivity index (χ0n) is 14.0. The van der Waals surface area contributed by atoms with Crippen LogP contribution < -0.4 is 4.90 Å². The summed E-state index contributed by atoms with van der Waals surface area (Å²) in [6.07, 6.45) is 4.04. The monoisotopic (exact) mass is 325 g/mol. The smallest absolute Gasteiger partial charge is 0.259 e. The molecule has 0 N–H and O–H groups in total. The van der Waals surface area contributed by atoms with Gasteiger partial charge in [0.25, 0.3) is 5.91 Å². The number of carbonyl (C=O) groups is 1. The first-order valence-electron chi connectivity index (χ1n) is 8.74. The van der Waals surface area contributed by atoms with Crippen molar-refractivity contribution in [2.75, 3.05) is 24.7 Å². The van der Waals surface area contributed by atoms with Crippen LogP contribution in [0.25, 0.3) is 0 Å². The molecule has 5 nitrogen and oxygen atoms in total. The van der Waals surface area contributed by atoms with Crippen molar-refractivity contribution in [2.45, 2.75) is 32.2 Å². The summed E-state index contributed by atoms with van der Waals surface area (Å²) in [5.41, 5.74) is 2.00. The fourth-order valence-corrected chi connectivity index (χ4v) is 3.70. The molecule has 1 saturated heterocycles. The minimum atomic E-state index is 0.0507. The normalized spacial score (nSPS) is 23.8. The number of nitrogens with zero attached hydrogens (tertiary/aromatic N) is 3. The van der Waals surface area contributed by atoms with Crippen LogP contribution in [-0.2, 0) is 11.3 Å². The summed E-state index contributed by atoms with van der Waals surface area (Å²) in [4.78, 5) is 14.8. The number of anilines is 1. The fourth-order valence-electron chi connectivity index (χ4n) is 3.70. The lowest BCUT2D eigenvalue weighted by Gasteiger charge is -2.31. The van der Waals surface area contributed by atoms with Gasteiger partial charge in [-0.1, -0.05) is 19.1 Å². The third-order valence-corrected chi connectivity index (χ3v) is 4.98. The predicted molar refractivity (Wildman–Crippen MR) is 92.3 cm³/mol. The Hall–Kier alpha value is -2.14. The second kappa shape index (κ2) is 6.40. The van der Waals surface area contributed by atoms with Crippen molar-refractivity contribution >= 4 is 11.7 Å². The van der Waals surface area contributed by atoms with Gasteiger partial charge in [0.15, 0.2) is 0 Å². The molecular weight excluding hydrogens is 302 g/mol. The van der Waals surface area contributed by atoms with Gasteiger partial charge >= 0.3 is 0 Å². The maximum absolute atomic E-state index is 13.0. The molecule has 0 aliphatic carbocycles. The minimum Gasteiger partial charge on any atom is -0.381 e. The predicted octanol–water partition coefficient (Wildman–Crippen LogP) is 3.07. The van der Waals surface area contributed by atoms with E-state index in [1.54, 1.807) is 6.20 Å². The number of carbonyl (C=O) groups excluding carboxylic acids is 1. The van der Waals surface area contributed by atoms with E-state index < -0.39 is 0 Å². The van der Waals surface area contributed by atoms with Crippen LogP contribution in [0.1, 0.15) is 41.6 Å². The first-order chi connectivity index (χ1) is 11.7. The zero-order valence-corrected chi connectivity index (χ0v) is 14.0. The molecule has 1 aromatic carbocycles. The van der Waals surface area contributed by atoms with E-state index in [9.17, 15) is 4.79 Å². The molecule has 0 bridgehead atoms. The Bertz CT molecular complexity index is 716. The lowest BCUT2D eigenvalue weighted by atomic mass is 9.93. The molecule has 0 spiro atoms. The summed E-state index contributed by atoms with van der Waals surface area (Å²) in [6.45, 7) is 5.41. The quantitative estimate of drug-likeness (QED) is 0.852. The van der Waals surface area contributed by atoms with E-state index in [-0.39, 0.29) is 5.91 Å². The molecule has 2 aromatic rings. The summed E-state index contributed by atoms with van der Waals surface area (Å²) >= 11 is 0. The van der Waals surface area contributed by atoms with Crippen LogP contribution in [-0.4, -0.2) is 35.4 Å². The first kappa shape index (κ1) is 15.4. The number of rotatable bonds is 2. The van der Waals surface area contributed by atoms with Gasteiger partial charge < -0.3 is 4.74 Å². The van der Waals surface area contributed by atoms with Crippen LogP contribution in [0, 0.1) is 5.92 Å². The Balaban J connectivity index is 1.55. The zero-order chi connectivity index (χ0) is 16.5. The van der Waals surface area contributed by atoms with E-state index in [0.717, 1.165) is 50.5 Å². The van der Waals surface area contributed by atoms with Crippen molar-refractivity contribution in [1.82, 2.24) is 9.78 Å². The van der Waals surface area contributed by atoms with Gasteiger partial charge in [0.05, 0.1) is 12.8 Å². The molecule has 0 radical (unpaired) electrons. The Kier molecular flexibility index (Phi) is 4.10. The molecule has 2 aliphatic heterocycles. The Morgan fingerprint density at radius 3 is 2.79 bits per heavy atom. The molecule has 1 amide bonds. The lowest BCUT2D eigenvalue weighted by molar-refractivity contribution is 0.0804. The first-order valence-corrected chi connectivity index (χ1v) is 8.74. The van der Waals surface area contributed by atoms with Crippen LogP contribution in [0.15, 0.2) is 36.5 Å². The molecule has 5 heteroatoms. The Morgan fingerprint density at radius 2 is 2.04 bits per heavy atom. The second-order valence-corrected chi connectivity index (χ2v) is 6.93. The molecule has 126 valence electrons. The van der Waals surface area contributed by atoms with Crippen molar-refractivity contribution in [3.63, 3.8) is 0 Å². The van der Waals surface area contributed by atoms with Crippen molar-refractivity contribution in [3.05, 3.63) is 47.7 Å². The number of amides is 1. The van der Waals surface area contributed by atoms with Crippen molar-refractivity contribution in [1.29, 1.82) is 0 Å². The fraction of sp³-hybridized carbons (Fsp3) is 0.474. The molecule has 1 aromatic heterocycles. The SMILES string of the molecule is CC1CN(C(=O)c2ccc(C3CCCOC3)cc2)c2ccnn2C1. The molecule has 2 aliphatic rings. The third-order valence-electron chi connectivity index (χ3n) is 4.98. The summed E-state index contributed by atoms with van der Waals surface area (Å²) in [5.74, 6) is 1.80. The van der Waals surface area contributed by atoms with E-state index in [2.05, 4.69) is 24.2 Å². The molecule has 2 unspecified atom stereocenters. The van der Waals surface area contributed by atoms with Gasteiger partial charge in [0, 0.05) is 37.2 Å². The largest absolute Gasteiger partial charge is 0.381 e. The number of hydrogen-bond acceptors (Lipinski definition) is 3. The molecule has 3 heterocycles. The highest BCUT2D eigenvalue weighted by Crippen LogP contribution is 2.27. The highest BCUT2D eigenvalue weighted by Gasteiger charge is 2.28. The van der Waals surface area contributed by atoms with E-state index >= 15 is 0 Å². The number of fused-ring (bicyclic) bond motifs is 1. The maximum Gasteiger partial charge on any atom is 0.259 e. The average molecular weight is 325 g/mol. The molecule has 0 saturated carbocycles. The summed E-state index contributed by atoms with van der Waals surface area (Å²) in [7, 11) is 0. The van der Waals surface area contributed by atoms with Crippen LogP contribution in [0.5, 0.6) is 0 Å². The third kappa shape index (κ3) is 2.84. The molecular formula is C19H23N3O2. The van der Waals surface area contributed by atoms with Gasteiger partial charge in [0.1, 0.15) is 5.82 Å². The second-order valence-electron chi connectivity index (χ2n) is 6.93. The van der Waals surface area contributed by atoms with Gasteiger partial charge in [-0.3, -0.25) is 9.69 Å². The van der Waals surface area contributed by atoms with Crippen LogP contribution in [0.3, 0.4) is 0 Å². The maximum atomic E-state index is 13.0. The number of hydrogen-bond donors (Lipinski definition) is 0. The molecule has 4 rings (SSSR count). The molecule has 1 fully saturated rings. The molecule has 2 atom stereocenters. The number of benzene rings is 1. The number of ether oxygens (including phenoxy) is 1. The highest BCUT2D eigenvalue weighted by molar-refractivity contribution is 6.05. The van der Waals surface area contributed by atoms with E-state index in [0.29, 0.717) is 11.8 Å². The Labute approximate surface area is 142 Å². The van der Waals surface area contributed by atoms with Gasteiger partial charge in [-0.05, 0) is 36.5 Å². The average Bonchev–Trinajstić information content (AvgIpc) is 3.09. The standard InChI is InChI=1S/C19H23N3O2/c1-14-11-21(18-8-9-20-22(18)12-14)19(23)16-6-4-15(5-7-16)17-3-2-10-24-13-17/h4-9,14,17H,2-3,10-13H2,1H3.